The molecule has 0 N–H and O–H groups in total. The van der Waals surface area contributed by atoms with E-state index in [1.54, 1.807) is 12.1 Å². The molecule has 1 saturated carbocycles. The normalized spacial score (nSPS) is 14.2. The van der Waals surface area contributed by atoms with Crippen LogP contribution in [-0.4, -0.2) is 24.3 Å². The highest BCUT2D eigenvalue weighted by molar-refractivity contribution is 14.1. The van der Waals surface area contributed by atoms with Gasteiger partial charge in [-0.05, 0) is 84.7 Å². The Bertz CT molecular complexity index is 787. The summed E-state index contributed by atoms with van der Waals surface area (Å²) >= 11 is 1.96. The Hall–Kier alpha value is -1.63. The van der Waals surface area contributed by atoms with Crippen LogP contribution in [0.15, 0.2) is 35.3 Å². The first-order valence-corrected chi connectivity index (χ1v) is 9.02. The second kappa shape index (κ2) is 7.09. The maximum Gasteiger partial charge on any atom is 0.140 e. The highest BCUT2D eigenvalue weighted by atomic mass is 127. The quantitative estimate of drug-likeness (QED) is 0.345. The lowest BCUT2D eigenvalue weighted by Gasteiger charge is -2.13. The first-order valence-electron chi connectivity index (χ1n) is 7.94. The van der Waals surface area contributed by atoms with E-state index >= 15 is 0 Å². The predicted octanol–water partition coefficient (Wildman–Crippen LogP) is 5.59. The van der Waals surface area contributed by atoms with Crippen molar-refractivity contribution in [1.82, 2.24) is 4.90 Å². The van der Waals surface area contributed by atoms with Crippen molar-refractivity contribution >= 4 is 34.6 Å². The fourth-order valence-corrected chi connectivity index (χ4v) is 2.76. The lowest BCUT2D eigenvalue weighted by atomic mass is 10.1. The van der Waals surface area contributed by atoms with Crippen molar-refractivity contribution in [3.05, 3.63) is 50.8 Å². The Morgan fingerprint density at radius 2 is 1.96 bits per heavy atom. The molecule has 0 amide bonds. The van der Waals surface area contributed by atoms with Crippen LogP contribution in [0.4, 0.5) is 10.1 Å². The smallest absolute Gasteiger partial charge is 0.140 e. The van der Waals surface area contributed by atoms with Crippen LogP contribution in [0.5, 0.6) is 11.5 Å². The molecular formula is C19H20FIN2O. The lowest BCUT2D eigenvalue weighted by Crippen LogP contribution is -2.17. The maximum absolute atomic E-state index is 13.7. The summed E-state index contributed by atoms with van der Waals surface area (Å²) in [6.45, 7) is 3.98. The van der Waals surface area contributed by atoms with E-state index in [-0.39, 0.29) is 5.82 Å². The molecule has 0 aromatic heterocycles. The first kappa shape index (κ1) is 17.2. The van der Waals surface area contributed by atoms with E-state index in [0.717, 1.165) is 22.6 Å². The number of hydrogen-bond acceptors (Lipinski definition) is 2. The molecule has 126 valence electrons. The van der Waals surface area contributed by atoms with Gasteiger partial charge >= 0.3 is 0 Å². The number of aryl methyl sites for hydroxylation is 2. The summed E-state index contributed by atoms with van der Waals surface area (Å²) in [5.74, 6) is 0.953. The number of aliphatic imine (C=N–C) groups is 1. The summed E-state index contributed by atoms with van der Waals surface area (Å²) in [6.07, 6.45) is 4.40. The van der Waals surface area contributed by atoms with Gasteiger partial charge in [0.2, 0.25) is 0 Å². The van der Waals surface area contributed by atoms with E-state index in [1.165, 1.54) is 18.9 Å². The average Bonchev–Trinajstić information content (AvgIpc) is 3.37. The van der Waals surface area contributed by atoms with Crippen molar-refractivity contribution in [3.63, 3.8) is 0 Å². The molecule has 0 spiro atoms. The van der Waals surface area contributed by atoms with E-state index < -0.39 is 0 Å². The summed E-state index contributed by atoms with van der Waals surface area (Å²) in [6, 6.07) is 9.50. The minimum absolute atomic E-state index is 0.271. The van der Waals surface area contributed by atoms with Crippen LogP contribution >= 0.6 is 22.6 Å². The molecule has 2 aromatic carbocycles. The molecule has 0 aliphatic heterocycles. The fraction of sp³-hybridized carbons (Fsp3) is 0.316. The van der Waals surface area contributed by atoms with E-state index in [9.17, 15) is 4.39 Å². The van der Waals surface area contributed by atoms with Crippen LogP contribution in [0, 0.1) is 23.2 Å². The van der Waals surface area contributed by atoms with Gasteiger partial charge in [0.15, 0.2) is 0 Å². The van der Waals surface area contributed by atoms with Crippen LogP contribution < -0.4 is 4.74 Å². The summed E-state index contributed by atoms with van der Waals surface area (Å²) in [4.78, 5) is 6.75. The minimum atomic E-state index is -0.271. The molecule has 0 radical (unpaired) electrons. The molecule has 0 unspecified atom stereocenters. The molecule has 3 rings (SSSR count). The third-order valence-electron chi connectivity index (χ3n) is 4.11. The zero-order valence-electron chi connectivity index (χ0n) is 14.0. The van der Waals surface area contributed by atoms with Crippen LogP contribution in [0.25, 0.3) is 0 Å². The zero-order chi connectivity index (χ0) is 17.3. The van der Waals surface area contributed by atoms with Gasteiger partial charge in [0.25, 0.3) is 0 Å². The summed E-state index contributed by atoms with van der Waals surface area (Å²) in [5.41, 5.74) is 2.93. The van der Waals surface area contributed by atoms with Crippen LogP contribution in [-0.2, 0) is 0 Å². The molecule has 5 heteroatoms. The van der Waals surface area contributed by atoms with E-state index in [1.807, 2.05) is 54.9 Å². The average molecular weight is 438 g/mol. The van der Waals surface area contributed by atoms with Gasteiger partial charge in [-0.15, -0.1) is 0 Å². The highest BCUT2D eigenvalue weighted by Gasteiger charge is 2.24. The third-order valence-corrected chi connectivity index (χ3v) is 4.99. The van der Waals surface area contributed by atoms with Crippen LogP contribution in [0.2, 0.25) is 0 Å². The van der Waals surface area contributed by atoms with Crippen LogP contribution in [0.1, 0.15) is 24.0 Å². The number of ether oxygens (including phenoxy) is 1. The van der Waals surface area contributed by atoms with Crippen molar-refractivity contribution < 1.29 is 9.13 Å². The Kier molecular flexibility index (Phi) is 5.08. The number of halogens is 2. The SMILES string of the molecule is Cc1cc(Oc2ccc(I)c(F)c2)c(C)cc1N=CN(C)C1CC1. The predicted molar refractivity (Wildman–Crippen MR) is 104 cm³/mol. The summed E-state index contributed by atoms with van der Waals surface area (Å²) in [5, 5.41) is 0. The maximum atomic E-state index is 13.7. The Labute approximate surface area is 155 Å². The molecule has 0 bridgehead atoms. The summed E-state index contributed by atoms with van der Waals surface area (Å²) < 4.78 is 20.1. The van der Waals surface area contributed by atoms with Crippen molar-refractivity contribution in [2.75, 3.05) is 7.05 Å². The van der Waals surface area contributed by atoms with Crippen molar-refractivity contribution in [3.8, 4) is 11.5 Å². The molecule has 2 aromatic rings. The molecular weight excluding hydrogens is 418 g/mol. The minimum Gasteiger partial charge on any atom is -0.457 e. The molecule has 0 saturated heterocycles. The highest BCUT2D eigenvalue weighted by Crippen LogP contribution is 2.32. The summed E-state index contributed by atoms with van der Waals surface area (Å²) in [7, 11) is 2.06. The fourth-order valence-electron chi connectivity index (χ4n) is 2.42. The van der Waals surface area contributed by atoms with Gasteiger partial charge in [-0.25, -0.2) is 9.38 Å². The molecule has 1 fully saturated rings. The van der Waals surface area contributed by atoms with E-state index in [0.29, 0.717) is 15.4 Å². The number of benzene rings is 2. The Morgan fingerprint density at radius 1 is 1.21 bits per heavy atom. The monoisotopic (exact) mass is 438 g/mol. The van der Waals surface area contributed by atoms with Gasteiger partial charge in [0.1, 0.15) is 17.3 Å². The number of hydrogen-bond donors (Lipinski definition) is 0. The second-order valence-electron chi connectivity index (χ2n) is 6.22. The Balaban J connectivity index is 1.79. The van der Waals surface area contributed by atoms with E-state index in [4.69, 9.17) is 4.74 Å². The van der Waals surface area contributed by atoms with E-state index in [2.05, 4.69) is 16.9 Å². The molecule has 0 atom stereocenters. The van der Waals surface area contributed by atoms with Crippen molar-refractivity contribution in [2.24, 2.45) is 4.99 Å². The Morgan fingerprint density at radius 3 is 2.62 bits per heavy atom. The number of nitrogens with zero attached hydrogens (tertiary/aromatic N) is 2. The molecule has 0 heterocycles. The van der Waals surface area contributed by atoms with Gasteiger partial charge < -0.3 is 9.64 Å². The zero-order valence-corrected chi connectivity index (χ0v) is 16.2. The molecule has 3 nitrogen and oxygen atoms in total. The topological polar surface area (TPSA) is 24.8 Å². The number of rotatable bonds is 5. The standard InChI is InChI=1S/C19H20FIN2O/c1-12-9-19(24-15-6-7-17(21)16(20)10-15)13(2)8-18(12)22-11-23(3)14-4-5-14/h6-11,14H,4-5H2,1-3H3. The molecule has 1 aliphatic rings. The van der Waals surface area contributed by atoms with Crippen molar-refractivity contribution in [1.29, 1.82) is 0 Å². The lowest BCUT2D eigenvalue weighted by molar-refractivity contribution is 0.472. The van der Waals surface area contributed by atoms with Gasteiger partial charge in [0.05, 0.1) is 12.0 Å². The van der Waals surface area contributed by atoms with Gasteiger partial charge in [0, 0.05) is 22.7 Å². The molecule has 1 aliphatic carbocycles. The van der Waals surface area contributed by atoms with Gasteiger partial charge in [-0.3, -0.25) is 0 Å². The van der Waals surface area contributed by atoms with Crippen LogP contribution in [0.3, 0.4) is 0 Å². The van der Waals surface area contributed by atoms with Crippen molar-refractivity contribution in [2.45, 2.75) is 32.7 Å². The largest absolute Gasteiger partial charge is 0.457 e. The first-order chi connectivity index (χ1) is 11.4. The van der Waals surface area contributed by atoms with Gasteiger partial charge in [-0.2, -0.15) is 0 Å². The third kappa shape index (κ3) is 4.06. The van der Waals surface area contributed by atoms with Gasteiger partial charge in [-0.1, -0.05) is 0 Å². The molecule has 24 heavy (non-hydrogen) atoms. The second-order valence-corrected chi connectivity index (χ2v) is 7.39.